The van der Waals surface area contributed by atoms with Crippen LogP contribution in [0.4, 0.5) is 30.7 Å². The molecule has 1 saturated carbocycles. The Labute approximate surface area is 174 Å². The van der Waals surface area contributed by atoms with Gasteiger partial charge in [0, 0.05) is 11.8 Å². The van der Waals surface area contributed by atoms with Gasteiger partial charge < -0.3 is 9.53 Å². The van der Waals surface area contributed by atoms with E-state index in [4.69, 9.17) is 4.74 Å². The van der Waals surface area contributed by atoms with Crippen LogP contribution in [0.5, 0.6) is 0 Å². The lowest BCUT2D eigenvalue weighted by Crippen LogP contribution is -2.22. The zero-order valence-corrected chi connectivity index (χ0v) is 16.1. The van der Waals surface area contributed by atoms with Crippen molar-refractivity contribution >= 4 is 6.29 Å². The Balaban J connectivity index is 1.74. The van der Waals surface area contributed by atoms with E-state index in [0.717, 1.165) is 6.29 Å². The fraction of sp³-hybridized carbons (Fsp3) is 0.409. The maximum Gasteiger partial charge on any atom is 0.416 e. The van der Waals surface area contributed by atoms with Gasteiger partial charge in [0.1, 0.15) is 12.1 Å². The second-order valence-electron chi connectivity index (χ2n) is 7.53. The molecule has 1 aliphatic rings. The molecule has 0 aliphatic heterocycles. The van der Waals surface area contributed by atoms with Crippen molar-refractivity contribution in [2.24, 2.45) is 5.92 Å². The largest absolute Gasteiger partial charge is 0.416 e. The van der Waals surface area contributed by atoms with Crippen LogP contribution < -0.4 is 0 Å². The summed E-state index contributed by atoms with van der Waals surface area (Å²) in [6, 6.07) is 7.04. The normalized spacial score (nSPS) is 22.0. The summed E-state index contributed by atoms with van der Waals surface area (Å²) in [5.41, 5.74) is -2.20. The van der Waals surface area contributed by atoms with Crippen molar-refractivity contribution < 1.29 is 40.3 Å². The third-order valence-corrected chi connectivity index (χ3v) is 5.45. The number of benzene rings is 2. The standard InChI is InChI=1S/C22H19F7O2/c23-18-4-1-14(2-5-18)20-15(12-30)3-6-19(20)31-8-7-13-9-16(21(24,25)26)11-17(10-13)22(27,28)29/h1-2,4-5,9-12,15,19-20H,3,6-8H2/t15-,19-,20-/m0/s1. The number of carbonyl (C=O) groups excluding carboxylic acids is 1. The van der Waals surface area contributed by atoms with E-state index in [-0.39, 0.29) is 36.5 Å². The van der Waals surface area contributed by atoms with Gasteiger partial charge in [0.25, 0.3) is 0 Å². The van der Waals surface area contributed by atoms with Crippen LogP contribution in [0, 0.1) is 11.7 Å². The molecule has 9 heteroatoms. The van der Waals surface area contributed by atoms with Gasteiger partial charge in [0.15, 0.2) is 0 Å². The van der Waals surface area contributed by atoms with Gasteiger partial charge in [0.2, 0.25) is 0 Å². The fourth-order valence-corrected chi connectivity index (χ4v) is 3.97. The molecule has 1 fully saturated rings. The van der Waals surface area contributed by atoms with Crippen molar-refractivity contribution in [2.45, 2.75) is 43.6 Å². The molecule has 0 amide bonds. The van der Waals surface area contributed by atoms with Crippen molar-refractivity contribution in [1.29, 1.82) is 0 Å². The highest BCUT2D eigenvalue weighted by molar-refractivity contribution is 5.57. The number of halogens is 7. The van der Waals surface area contributed by atoms with Gasteiger partial charge in [-0.2, -0.15) is 26.3 Å². The van der Waals surface area contributed by atoms with Gasteiger partial charge in [-0.15, -0.1) is 0 Å². The summed E-state index contributed by atoms with van der Waals surface area (Å²) in [5, 5.41) is 0. The van der Waals surface area contributed by atoms with Gasteiger partial charge in [0.05, 0.1) is 23.8 Å². The van der Waals surface area contributed by atoms with E-state index in [9.17, 15) is 35.5 Å². The number of hydrogen-bond acceptors (Lipinski definition) is 2. The zero-order valence-electron chi connectivity index (χ0n) is 16.1. The Morgan fingerprint density at radius 2 is 1.48 bits per heavy atom. The SMILES string of the molecule is O=C[C@@H]1CC[C@H](OCCc2cc(C(F)(F)F)cc(C(F)(F)F)c2)[C@H]1c1ccc(F)cc1. The van der Waals surface area contributed by atoms with E-state index in [2.05, 4.69) is 0 Å². The first kappa shape index (κ1) is 23.2. The molecule has 2 aromatic carbocycles. The molecule has 2 aromatic rings. The summed E-state index contributed by atoms with van der Waals surface area (Å²) in [7, 11) is 0. The van der Waals surface area contributed by atoms with Crippen LogP contribution >= 0.6 is 0 Å². The monoisotopic (exact) mass is 448 g/mol. The molecule has 0 saturated heterocycles. The molecule has 0 N–H and O–H groups in total. The molecule has 0 unspecified atom stereocenters. The molecule has 0 radical (unpaired) electrons. The average molecular weight is 448 g/mol. The summed E-state index contributed by atoms with van der Waals surface area (Å²) in [5.74, 6) is -1.15. The zero-order chi connectivity index (χ0) is 22.8. The topological polar surface area (TPSA) is 26.3 Å². The Hall–Kier alpha value is -2.42. The van der Waals surface area contributed by atoms with Crippen molar-refractivity contribution in [3.05, 3.63) is 70.5 Å². The Kier molecular flexibility index (Phi) is 6.73. The summed E-state index contributed by atoms with van der Waals surface area (Å²) >= 11 is 0. The number of hydrogen-bond donors (Lipinski definition) is 0. The maximum absolute atomic E-state index is 13.2. The number of aldehydes is 1. The van der Waals surface area contributed by atoms with E-state index in [1.165, 1.54) is 12.1 Å². The van der Waals surface area contributed by atoms with Gasteiger partial charge in [-0.05, 0) is 60.7 Å². The van der Waals surface area contributed by atoms with Crippen LogP contribution in [0.15, 0.2) is 42.5 Å². The van der Waals surface area contributed by atoms with Crippen LogP contribution in [0.1, 0.15) is 41.0 Å². The number of carbonyl (C=O) groups is 1. The van der Waals surface area contributed by atoms with E-state index >= 15 is 0 Å². The molecular formula is C22H19F7O2. The summed E-state index contributed by atoms with van der Waals surface area (Å²) < 4.78 is 97.0. The Morgan fingerprint density at radius 3 is 2.00 bits per heavy atom. The molecule has 168 valence electrons. The van der Waals surface area contributed by atoms with Gasteiger partial charge in [-0.1, -0.05) is 12.1 Å². The smallest absolute Gasteiger partial charge is 0.377 e. The average Bonchev–Trinajstić information content (AvgIpc) is 3.10. The van der Waals surface area contributed by atoms with Gasteiger partial charge in [-0.25, -0.2) is 4.39 Å². The van der Waals surface area contributed by atoms with E-state index in [1.807, 2.05) is 0 Å². The molecule has 0 spiro atoms. The minimum absolute atomic E-state index is 0.0839. The van der Waals surface area contributed by atoms with Crippen LogP contribution in [0.2, 0.25) is 0 Å². The highest BCUT2D eigenvalue weighted by Crippen LogP contribution is 2.41. The second kappa shape index (κ2) is 8.98. The lowest BCUT2D eigenvalue weighted by Gasteiger charge is -2.23. The molecular weight excluding hydrogens is 429 g/mol. The van der Waals surface area contributed by atoms with Crippen LogP contribution in [-0.2, 0) is 28.3 Å². The lowest BCUT2D eigenvalue weighted by molar-refractivity contribution is -0.143. The number of rotatable bonds is 6. The number of alkyl halides is 6. The third kappa shape index (κ3) is 5.64. The van der Waals surface area contributed by atoms with E-state index < -0.39 is 35.4 Å². The first-order valence-corrected chi connectivity index (χ1v) is 9.60. The van der Waals surface area contributed by atoms with Crippen LogP contribution in [0.3, 0.4) is 0 Å². The van der Waals surface area contributed by atoms with Crippen molar-refractivity contribution in [3.8, 4) is 0 Å². The van der Waals surface area contributed by atoms with Crippen molar-refractivity contribution in [2.75, 3.05) is 6.61 Å². The first-order valence-electron chi connectivity index (χ1n) is 9.60. The van der Waals surface area contributed by atoms with Crippen molar-refractivity contribution in [1.82, 2.24) is 0 Å². The van der Waals surface area contributed by atoms with Gasteiger partial charge in [-0.3, -0.25) is 0 Å². The summed E-state index contributed by atoms with van der Waals surface area (Å²) in [6.45, 7) is -0.119. The fourth-order valence-electron chi connectivity index (χ4n) is 3.97. The summed E-state index contributed by atoms with van der Waals surface area (Å²) in [6.07, 6.45) is -8.61. The number of ether oxygens (including phenoxy) is 1. The van der Waals surface area contributed by atoms with Crippen LogP contribution in [-0.4, -0.2) is 19.0 Å². The maximum atomic E-state index is 13.2. The predicted octanol–water partition coefficient (Wildman–Crippen LogP) is 6.18. The molecule has 0 bridgehead atoms. The molecule has 0 heterocycles. The Morgan fingerprint density at radius 1 is 0.903 bits per heavy atom. The van der Waals surface area contributed by atoms with Crippen molar-refractivity contribution in [3.63, 3.8) is 0 Å². The molecule has 31 heavy (non-hydrogen) atoms. The molecule has 3 atom stereocenters. The lowest BCUT2D eigenvalue weighted by atomic mass is 9.88. The highest BCUT2D eigenvalue weighted by Gasteiger charge is 2.38. The minimum Gasteiger partial charge on any atom is -0.377 e. The molecule has 3 rings (SSSR count). The second-order valence-corrected chi connectivity index (χ2v) is 7.53. The minimum atomic E-state index is -4.91. The van der Waals surface area contributed by atoms with E-state index in [0.29, 0.717) is 30.5 Å². The van der Waals surface area contributed by atoms with E-state index in [1.54, 1.807) is 12.1 Å². The third-order valence-electron chi connectivity index (χ3n) is 5.45. The Bertz CT molecular complexity index is 871. The highest BCUT2D eigenvalue weighted by atomic mass is 19.4. The molecule has 0 aromatic heterocycles. The van der Waals surface area contributed by atoms with Crippen LogP contribution in [0.25, 0.3) is 0 Å². The quantitative estimate of drug-likeness (QED) is 0.390. The predicted molar refractivity (Wildman–Crippen MR) is 97.8 cm³/mol. The van der Waals surface area contributed by atoms with Gasteiger partial charge >= 0.3 is 12.4 Å². The first-order chi connectivity index (χ1) is 14.5. The molecule has 1 aliphatic carbocycles. The molecule has 2 nitrogen and oxygen atoms in total. The summed E-state index contributed by atoms with van der Waals surface area (Å²) in [4.78, 5) is 11.4.